The zero-order valence-electron chi connectivity index (χ0n) is 24.1. The number of benzene rings is 2. The van der Waals surface area contributed by atoms with Crippen molar-refractivity contribution in [1.82, 2.24) is 24.1 Å². The van der Waals surface area contributed by atoms with Gasteiger partial charge in [-0.05, 0) is 61.1 Å². The Hall–Kier alpha value is -3.45. The van der Waals surface area contributed by atoms with Crippen molar-refractivity contribution >= 4 is 50.7 Å². The zero-order chi connectivity index (χ0) is 29.9. The predicted molar refractivity (Wildman–Crippen MR) is 164 cm³/mol. The molecule has 3 aromatic rings. The molecule has 3 heterocycles. The molecule has 0 aliphatic carbocycles. The van der Waals surface area contributed by atoms with Crippen LogP contribution >= 0.6 is 11.6 Å². The molecular weight excluding hydrogens is 578 g/mol. The fourth-order valence-corrected chi connectivity index (χ4v) is 6.42. The minimum Gasteiger partial charge on any atom is -0.495 e. The van der Waals surface area contributed by atoms with E-state index in [0.717, 1.165) is 56.2 Å². The summed E-state index contributed by atoms with van der Waals surface area (Å²) in [5.74, 6) is 1.37. The molecule has 2 aromatic carbocycles. The van der Waals surface area contributed by atoms with Crippen molar-refractivity contribution in [2.24, 2.45) is 0 Å². The Balaban J connectivity index is 1.34. The van der Waals surface area contributed by atoms with Crippen LogP contribution < -0.4 is 15.4 Å². The monoisotopic (exact) mass is 613 g/mol. The van der Waals surface area contributed by atoms with Crippen molar-refractivity contribution in [3.8, 4) is 5.75 Å². The van der Waals surface area contributed by atoms with Crippen LogP contribution in [-0.4, -0.2) is 92.3 Å². The van der Waals surface area contributed by atoms with Crippen LogP contribution in [0.4, 0.5) is 23.1 Å². The van der Waals surface area contributed by atoms with Crippen LogP contribution in [0.2, 0.25) is 5.02 Å². The lowest BCUT2D eigenvalue weighted by atomic mass is 10.0. The van der Waals surface area contributed by atoms with Crippen LogP contribution in [-0.2, 0) is 27.7 Å². The molecule has 0 atom stereocenters. The summed E-state index contributed by atoms with van der Waals surface area (Å²) in [6.45, 7) is 3.78. The highest BCUT2D eigenvalue weighted by atomic mass is 35.5. The number of carbonyl (C=O) groups excluding carboxylic acids is 1. The van der Waals surface area contributed by atoms with Gasteiger partial charge in [-0.1, -0.05) is 23.7 Å². The van der Waals surface area contributed by atoms with E-state index in [1.807, 2.05) is 17.0 Å². The van der Waals surface area contributed by atoms with E-state index in [2.05, 4.69) is 25.5 Å². The molecule has 0 unspecified atom stereocenters. The number of sulfonamides is 1. The molecule has 2 aliphatic rings. The van der Waals surface area contributed by atoms with Crippen molar-refractivity contribution in [2.45, 2.75) is 30.6 Å². The first-order chi connectivity index (χ1) is 20.2. The molecule has 2 aliphatic heterocycles. The second kappa shape index (κ2) is 12.8. The first-order valence-electron chi connectivity index (χ1n) is 13.9. The van der Waals surface area contributed by atoms with Gasteiger partial charge in [0.25, 0.3) is 0 Å². The molecular formula is C29H36ClN7O4S. The third kappa shape index (κ3) is 6.62. The number of hydrogen-bond acceptors (Lipinski definition) is 9. The summed E-state index contributed by atoms with van der Waals surface area (Å²) in [7, 11) is 0.861. The maximum absolute atomic E-state index is 12.9. The van der Waals surface area contributed by atoms with E-state index in [1.54, 1.807) is 25.3 Å². The van der Waals surface area contributed by atoms with Gasteiger partial charge < -0.3 is 20.3 Å². The van der Waals surface area contributed by atoms with E-state index in [4.69, 9.17) is 16.3 Å². The van der Waals surface area contributed by atoms with E-state index in [9.17, 15) is 13.2 Å². The number of methoxy groups -OCH3 is 1. The number of carbonyl (C=O) groups is 1. The van der Waals surface area contributed by atoms with Gasteiger partial charge >= 0.3 is 0 Å². The molecule has 0 saturated carbocycles. The van der Waals surface area contributed by atoms with Crippen LogP contribution in [0.25, 0.3) is 0 Å². The van der Waals surface area contributed by atoms with E-state index in [-0.39, 0.29) is 27.6 Å². The van der Waals surface area contributed by atoms with Gasteiger partial charge in [0.2, 0.25) is 21.9 Å². The molecule has 2 N–H and O–H groups in total. The third-order valence-corrected chi connectivity index (χ3v) is 9.77. The second-order valence-corrected chi connectivity index (χ2v) is 13.1. The lowest BCUT2D eigenvalue weighted by Gasteiger charge is -2.23. The molecule has 5 rings (SSSR count). The van der Waals surface area contributed by atoms with E-state index in [1.165, 1.54) is 37.5 Å². The number of aromatic nitrogens is 2. The normalized spacial score (nSPS) is 15.8. The number of nitrogens with zero attached hydrogens (tertiary/aromatic N) is 5. The lowest BCUT2D eigenvalue weighted by Crippen LogP contribution is -2.40. The quantitative estimate of drug-likeness (QED) is 0.370. The number of rotatable bonds is 9. The highest BCUT2D eigenvalue weighted by Gasteiger charge is 2.24. The summed E-state index contributed by atoms with van der Waals surface area (Å²) in [4.78, 5) is 25.9. The first-order valence-corrected chi connectivity index (χ1v) is 15.8. The molecule has 11 nitrogen and oxygen atoms in total. The van der Waals surface area contributed by atoms with Crippen molar-refractivity contribution in [3.63, 3.8) is 0 Å². The van der Waals surface area contributed by atoms with Gasteiger partial charge in [0.15, 0.2) is 5.82 Å². The third-order valence-electron chi connectivity index (χ3n) is 7.62. The molecule has 0 spiro atoms. The molecule has 1 amide bonds. The number of para-hydroxylation sites is 1. The molecule has 42 heavy (non-hydrogen) atoms. The smallest absolute Gasteiger partial charge is 0.244 e. The van der Waals surface area contributed by atoms with E-state index >= 15 is 0 Å². The van der Waals surface area contributed by atoms with E-state index < -0.39 is 10.0 Å². The average Bonchev–Trinajstić information content (AvgIpc) is 3.45. The highest BCUT2D eigenvalue weighted by Crippen LogP contribution is 2.34. The Labute approximate surface area is 251 Å². The first kappa shape index (κ1) is 30.0. The van der Waals surface area contributed by atoms with E-state index in [0.29, 0.717) is 23.7 Å². The van der Waals surface area contributed by atoms with Crippen LogP contribution in [0.15, 0.2) is 47.5 Å². The van der Waals surface area contributed by atoms with Gasteiger partial charge in [-0.25, -0.2) is 17.7 Å². The van der Waals surface area contributed by atoms with Gasteiger partial charge in [-0.3, -0.25) is 9.69 Å². The topological polar surface area (TPSA) is 120 Å². The Morgan fingerprint density at radius 2 is 1.71 bits per heavy atom. The Morgan fingerprint density at radius 3 is 2.40 bits per heavy atom. The van der Waals surface area contributed by atoms with Gasteiger partial charge in [0.1, 0.15) is 15.7 Å². The minimum absolute atomic E-state index is 0.0998. The van der Waals surface area contributed by atoms with Crippen molar-refractivity contribution in [1.29, 1.82) is 0 Å². The molecule has 1 saturated heterocycles. The Kier molecular flexibility index (Phi) is 9.16. The summed E-state index contributed by atoms with van der Waals surface area (Å²) in [6, 6.07) is 10.6. The number of halogens is 1. The maximum Gasteiger partial charge on any atom is 0.244 e. The lowest BCUT2D eigenvalue weighted by molar-refractivity contribution is -0.131. The zero-order valence-corrected chi connectivity index (χ0v) is 25.6. The SMILES string of the molecule is COc1cc2c(cc1Nc1ncc(Cl)c(Nc3ccccc3S(=O)(=O)N(C)C)n1)CCN(CC(=O)N1CCCC1)CC2. The van der Waals surface area contributed by atoms with Crippen LogP contribution in [0.5, 0.6) is 5.75 Å². The summed E-state index contributed by atoms with van der Waals surface area (Å²) in [5, 5.41) is 6.53. The number of amides is 1. The fraction of sp³-hybridized carbons (Fsp3) is 0.414. The maximum atomic E-state index is 12.9. The van der Waals surface area contributed by atoms with Crippen molar-refractivity contribution in [3.05, 3.63) is 58.7 Å². The number of hydrogen-bond donors (Lipinski definition) is 2. The highest BCUT2D eigenvalue weighted by molar-refractivity contribution is 7.89. The van der Waals surface area contributed by atoms with Crippen molar-refractivity contribution < 1.29 is 17.9 Å². The average molecular weight is 614 g/mol. The molecule has 0 bridgehead atoms. The Bertz CT molecular complexity index is 1560. The summed E-state index contributed by atoms with van der Waals surface area (Å²) < 4.78 is 32.6. The molecule has 1 aromatic heterocycles. The molecule has 13 heteroatoms. The number of anilines is 4. The number of nitrogens with one attached hydrogen (secondary N) is 2. The summed E-state index contributed by atoms with van der Waals surface area (Å²) in [5.41, 5.74) is 3.39. The number of ether oxygens (including phenoxy) is 1. The fourth-order valence-electron chi connectivity index (χ4n) is 5.24. The Morgan fingerprint density at radius 1 is 1.02 bits per heavy atom. The van der Waals surface area contributed by atoms with Gasteiger partial charge in [-0.2, -0.15) is 4.98 Å². The summed E-state index contributed by atoms with van der Waals surface area (Å²) in [6.07, 6.45) is 5.25. The molecule has 224 valence electrons. The van der Waals surface area contributed by atoms with Gasteiger partial charge in [0.05, 0.1) is 31.2 Å². The second-order valence-electron chi connectivity index (χ2n) is 10.6. The standard InChI is InChI=1S/C29H36ClN7O4S/c1-35(2)42(39,40)26-9-5-4-8-23(26)32-28-22(30)18-31-29(34-28)33-24-16-20-10-14-36(15-11-21(20)17-25(24)41-3)19-27(38)37-12-6-7-13-37/h4-5,8-9,16-18H,6-7,10-15,19H2,1-3H3,(H2,31,32,33,34). The van der Waals surface area contributed by atoms with Gasteiger partial charge in [0, 0.05) is 40.3 Å². The number of likely N-dealkylation sites (tertiary alicyclic amines) is 1. The minimum atomic E-state index is -3.71. The van der Waals surface area contributed by atoms with Crippen molar-refractivity contribution in [2.75, 3.05) is 64.6 Å². The largest absolute Gasteiger partial charge is 0.495 e. The molecule has 0 radical (unpaired) electrons. The van der Waals surface area contributed by atoms with Crippen LogP contribution in [0.3, 0.4) is 0 Å². The van der Waals surface area contributed by atoms with Crippen LogP contribution in [0.1, 0.15) is 24.0 Å². The predicted octanol–water partition coefficient (Wildman–Crippen LogP) is 3.90. The number of fused-ring (bicyclic) bond motifs is 1. The van der Waals surface area contributed by atoms with Gasteiger partial charge in [-0.15, -0.1) is 0 Å². The van der Waals surface area contributed by atoms with Crippen LogP contribution in [0, 0.1) is 0 Å². The summed E-state index contributed by atoms with van der Waals surface area (Å²) >= 11 is 6.41. The molecule has 1 fully saturated rings.